The average molecular weight is 281 g/mol. The van der Waals surface area contributed by atoms with Crippen LogP contribution in [0.3, 0.4) is 0 Å². The largest absolute Gasteiger partial charge is 0.496 e. The molecule has 3 rings (SSSR count). The molecule has 100 valence electrons. The van der Waals surface area contributed by atoms with Crippen LogP contribution in [0.1, 0.15) is 18.2 Å². The zero-order valence-corrected chi connectivity index (χ0v) is 11.2. The highest BCUT2D eigenvalue weighted by Gasteiger charge is 2.24. The van der Waals surface area contributed by atoms with E-state index >= 15 is 0 Å². The third kappa shape index (κ3) is 2.43. The Kier molecular flexibility index (Phi) is 3.40. The second-order valence-electron chi connectivity index (χ2n) is 4.36. The predicted molar refractivity (Wildman–Crippen MR) is 69.5 cm³/mol. The Bertz CT molecular complexity index is 579. The molecule has 6 heteroatoms. The Morgan fingerprint density at radius 3 is 3.05 bits per heavy atom. The van der Waals surface area contributed by atoms with E-state index in [9.17, 15) is 0 Å². The number of ether oxygens (including phenoxy) is 2. The SMILES string of the molecule is COc1cc(Cl)ccc1-c1nc([C@H]2CCOC2)no1. The summed E-state index contributed by atoms with van der Waals surface area (Å²) in [5.74, 6) is 1.96. The molecule has 2 heterocycles. The Labute approximate surface area is 115 Å². The fourth-order valence-electron chi connectivity index (χ4n) is 2.09. The van der Waals surface area contributed by atoms with Crippen LogP contribution >= 0.6 is 11.6 Å². The van der Waals surface area contributed by atoms with Crippen molar-refractivity contribution in [3.05, 3.63) is 29.0 Å². The number of hydrogen-bond acceptors (Lipinski definition) is 5. The molecule has 5 nitrogen and oxygen atoms in total. The summed E-state index contributed by atoms with van der Waals surface area (Å²) in [6.45, 7) is 1.40. The summed E-state index contributed by atoms with van der Waals surface area (Å²) >= 11 is 5.93. The lowest BCUT2D eigenvalue weighted by molar-refractivity contribution is 0.192. The molecule has 0 spiro atoms. The van der Waals surface area contributed by atoms with Crippen molar-refractivity contribution in [2.24, 2.45) is 0 Å². The van der Waals surface area contributed by atoms with Crippen molar-refractivity contribution in [1.29, 1.82) is 0 Å². The quantitative estimate of drug-likeness (QED) is 0.865. The van der Waals surface area contributed by atoms with Crippen LogP contribution in [0.15, 0.2) is 22.7 Å². The lowest BCUT2D eigenvalue weighted by Crippen LogP contribution is -1.99. The van der Waals surface area contributed by atoms with Crippen LogP contribution < -0.4 is 4.74 Å². The van der Waals surface area contributed by atoms with Crippen LogP contribution in [-0.2, 0) is 4.74 Å². The zero-order chi connectivity index (χ0) is 13.2. The van der Waals surface area contributed by atoms with Crippen LogP contribution in [-0.4, -0.2) is 30.5 Å². The maximum Gasteiger partial charge on any atom is 0.261 e. The van der Waals surface area contributed by atoms with E-state index in [4.69, 9.17) is 25.6 Å². The van der Waals surface area contributed by atoms with Crippen LogP contribution in [0.5, 0.6) is 5.75 Å². The minimum Gasteiger partial charge on any atom is -0.496 e. The molecular formula is C13H13ClN2O3. The van der Waals surface area contributed by atoms with Gasteiger partial charge in [0.1, 0.15) is 5.75 Å². The average Bonchev–Trinajstić information content (AvgIpc) is 3.09. The Morgan fingerprint density at radius 1 is 1.42 bits per heavy atom. The minimum absolute atomic E-state index is 0.218. The zero-order valence-electron chi connectivity index (χ0n) is 10.4. The summed E-state index contributed by atoms with van der Waals surface area (Å²) in [5.41, 5.74) is 0.740. The predicted octanol–water partition coefficient (Wildman–Crippen LogP) is 2.90. The summed E-state index contributed by atoms with van der Waals surface area (Å²) in [5, 5.41) is 4.62. The Hall–Kier alpha value is -1.59. The van der Waals surface area contributed by atoms with Crippen LogP contribution in [0.2, 0.25) is 5.02 Å². The van der Waals surface area contributed by atoms with Gasteiger partial charge < -0.3 is 14.0 Å². The van der Waals surface area contributed by atoms with Crippen molar-refractivity contribution in [3.63, 3.8) is 0 Å². The standard InChI is InChI=1S/C13H13ClN2O3/c1-17-11-6-9(14)2-3-10(11)13-15-12(16-19-13)8-4-5-18-7-8/h2-3,6,8H,4-5,7H2,1H3/t8-/m0/s1. The Morgan fingerprint density at radius 2 is 2.32 bits per heavy atom. The maximum absolute atomic E-state index is 5.93. The van der Waals surface area contributed by atoms with Crippen LogP contribution in [0, 0.1) is 0 Å². The van der Waals surface area contributed by atoms with E-state index in [1.807, 2.05) is 6.07 Å². The van der Waals surface area contributed by atoms with Crippen molar-refractivity contribution in [2.45, 2.75) is 12.3 Å². The normalized spacial score (nSPS) is 18.7. The van der Waals surface area contributed by atoms with Gasteiger partial charge in [-0.15, -0.1) is 0 Å². The first-order valence-electron chi connectivity index (χ1n) is 6.03. The third-order valence-electron chi connectivity index (χ3n) is 3.13. The van der Waals surface area contributed by atoms with Gasteiger partial charge in [-0.3, -0.25) is 0 Å². The van der Waals surface area contributed by atoms with Crippen molar-refractivity contribution in [1.82, 2.24) is 10.1 Å². The molecule has 1 saturated heterocycles. The highest BCUT2D eigenvalue weighted by atomic mass is 35.5. The number of benzene rings is 1. The molecule has 2 aromatic rings. The number of halogens is 1. The summed E-state index contributed by atoms with van der Waals surface area (Å²) < 4.78 is 15.9. The van der Waals surface area contributed by atoms with E-state index in [-0.39, 0.29) is 5.92 Å². The van der Waals surface area contributed by atoms with E-state index in [1.54, 1.807) is 19.2 Å². The number of rotatable bonds is 3. The van der Waals surface area contributed by atoms with E-state index in [0.717, 1.165) is 18.6 Å². The summed E-state index contributed by atoms with van der Waals surface area (Å²) in [7, 11) is 1.58. The topological polar surface area (TPSA) is 57.4 Å². The molecule has 0 unspecified atom stereocenters. The molecule has 1 atom stereocenters. The lowest BCUT2D eigenvalue weighted by Gasteiger charge is -2.04. The monoisotopic (exact) mass is 280 g/mol. The molecule has 0 bridgehead atoms. The second kappa shape index (κ2) is 5.19. The molecule has 1 aliphatic rings. The van der Waals surface area contributed by atoms with Gasteiger partial charge in [0, 0.05) is 17.5 Å². The summed E-state index contributed by atoms with van der Waals surface area (Å²) in [6, 6.07) is 5.30. The van der Waals surface area contributed by atoms with Crippen LogP contribution in [0.25, 0.3) is 11.5 Å². The van der Waals surface area contributed by atoms with Crippen molar-refractivity contribution in [3.8, 4) is 17.2 Å². The van der Waals surface area contributed by atoms with Crippen molar-refractivity contribution >= 4 is 11.6 Å². The number of methoxy groups -OCH3 is 1. The van der Waals surface area contributed by atoms with E-state index < -0.39 is 0 Å². The first kappa shape index (κ1) is 12.4. The summed E-state index contributed by atoms with van der Waals surface area (Å²) in [4.78, 5) is 4.42. The van der Waals surface area contributed by atoms with E-state index in [1.165, 1.54) is 0 Å². The molecule has 0 aliphatic carbocycles. The van der Waals surface area contributed by atoms with Crippen molar-refractivity contribution in [2.75, 3.05) is 20.3 Å². The molecule has 19 heavy (non-hydrogen) atoms. The highest BCUT2D eigenvalue weighted by Crippen LogP contribution is 2.32. The molecule has 1 aromatic carbocycles. The summed E-state index contributed by atoms with van der Waals surface area (Å²) in [6.07, 6.45) is 0.927. The molecule has 1 aromatic heterocycles. The molecule has 0 N–H and O–H groups in total. The van der Waals surface area contributed by atoms with Gasteiger partial charge >= 0.3 is 0 Å². The first-order valence-corrected chi connectivity index (χ1v) is 6.41. The fraction of sp³-hybridized carbons (Fsp3) is 0.385. The molecular weight excluding hydrogens is 268 g/mol. The molecule has 1 fully saturated rings. The lowest BCUT2D eigenvalue weighted by atomic mass is 10.1. The highest BCUT2D eigenvalue weighted by molar-refractivity contribution is 6.30. The smallest absolute Gasteiger partial charge is 0.261 e. The molecule has 0 amide bonds. The molecule has 1 aliphatic heterocycles. The number of aromatic nitrogens is 2. The van der Waals surface area contributed by atoms with Gasteiger partial charge in [-0.25, -0.2) is 0 Å². The Balaban J connectivity index is 1.93. The maximum atomic E-state index is 5.93. The molecule has 0 saturated carbocycles. The fourth-order valence-corrected chi connectivity index (χ4v) is 2.25. The van der Waals surface area contributed by atoms with Gasteiger partial charge in [0.2, 0.25) is 0 Å². The van der Waals surface area contributed by atoms with Gasteiger partial charge in [0.05, 0.1) is 19.3 Å². The van der Waals surface area contributed by atoms with Gasteiger partial charge in [-0.2, -0.15) is 4.98 Å². The first-order chi connectivity index (χ1) is 9.28. The third-order valence-corrected chi connectivity index (χ3v) is 3.37. The van der Waals surface area contributed by atoms with E-state index in [2.05, 4.69) is 10.1 Å². The van der Waals surface area contributed by atoms with E-state index in [0.29, 0.717) is 29.1 Å². The number of hydrogen-bond donors (Lipinski definition) is 0. The number of nitrogens with zero attached hydrogens (tertiary/aromatic N) is 2. The van der Waals surface area contributed by atoms with Crippen molar-refractivity contribution < 1.29 is 14.0 Å². The minimum atomic E-state index is 0.218. The van der Waals surface area contributed by atoms with Gasteiger partial charge in [-0.1, -0.05) is 16.8 Å². The second-order valence-corrected chi connectivity index (χ2v) is 4.80. The molecule has 0 radical (unpaired) electrons. The van der Waals surface area contributed by atoms with Gasteiger partial charge in [0.25, 0.3) is 5.89 Å². The van der Waals surface area contributed by atoms with Crippen LogP contribution in [0.4, 0.5) is 0 Å². The van der Waals surface area contributed by atoms with Gasteiger partial charge in [0.15, 0.2) is 5.82 Å². The van der Waals surface area contributed by atoms with Gasteiger partial charge in [-0.05, 0) is 24.6 Å².